The van der Waals surface area contributed by atoms with E-state index in [1.54, 1.807) is 0 Å². The molecule has 1 atom stereocenters. The van der Waals surface area contributed by atoms with Crippen molar-refractivity contribution in [2.75, 3.05) is 0 Å². The van der Waals surface area contributed by atoms with Gasteiger partial charge in [-0.25, -0.2) is 0 Å². The van der Waals surface area contributed by atoms with Gasteiger partial charge in [0.05, 0.1) is 5.92 Å². The topological polar surface area (TPSA) is 37.3 Å². The first-order valence-electron chi connectivity index (χ1n) is 3.18. The van der Waals surface area contributed by atoms with E-state index >= 15 is 0 Å². The van der Waals surface area contributed by atoms with E-state index in [2.05, 4.69) is 0 Å². The summed E-state index contributed by atoms with van der Waals surface area (Å²) in [7, 11) is 0. The van der Waals surface area contributed by atoms with E-state index in [0.717, 1.165) is 19.3 Å². The number of carboxylic acid groups (broad SMARTS) is 1. The second kappa shape index (κ2) is 4.54. The molecule has 1 unspecified atom stereocenters. The second-order valence-electron chi connectivity index (χ2n) is 2.32. The molecule has 0 aromatic carbocycles. The van der Waals surface area contributed by atoms with Gasteiger partial charge in [0.15, 0.2) is 17.4 Å². The normalized spacial score (nSPS) is 23.4. The summed E-state index contributed by atoms with van der Waals surface area (Å²) >= 11 is 0. The first kappa shape index (κ1) is 9.74. The maximum atomic E-state index is 10.3. The minimum atomic E-state index is -0.653. The lowest BCUT2D eigenvalue weighted by Crippen LogP contribution is -2.13. The zero-order valence-corrected chi connectivity index (χ0v) is 5.21. The molecule has 1 rings (SSSR count). The highest BCUT2D eigenvalue weighted by Crippen LogP contribution is 2.17. The molecule has 1 aliphatic rings. The van der Waals surface area contributed by atoms with Crippen molar-refractivity contribution < 1.29 is 9.90 Å². The minimum absolute atomic E-state index is 0. The van der Waals surface area contributed by atoms with E-state index in [1.165, 1.54) is 0 Å². The SMILES string of the molecule is O=C(O)C1CC=CCC1.[AlH3]. The lowest BCUT2D eigenvalue weighted by atomic mass is 9.95. The van der Waals surface area contributed by atoms with Crippen molar-refractivity contribution in [3.8, 4) is 0 Å². The highest BCUT2D eigenvalue weighted by Gasteiger charge is 2.16. The van der Waals surface area contributed by atoms with Gasteiger partial charge < -0.3 is 5.11 Å². The number of allylic oxidation sites excluding steroid dienone is 2. The van der Waals surface area contributed by atoms with Crippen LogP contribution >= 0.6 is 0 Å². The monoisotopic (exact) mass is 156 g/mol. The summed E-state index contributed by atoms with van der Waals surface area (Å²) in [6, 6.07) is 0. The van der Waals surface area contributed by atoms with Crippen molar-refractivity contribution in [2.24, 2.45) is 5.92 Å². The molecule has 1 N–H and O–H groups in total. The third kappa shape index (κ3) is 2.55. The van der Waals surface area contributed by atoms with Gasteiger partial charge >= 0.3 is 5.97 Å². The zero-order valence-electron chi connectivity index (χ0n) is 5.21. The molecule has 0 saturated carbocycles. The average molecular weight is 156 g/mol. The van der Waals surface area contributed by atoms with Crippen LogP contribution in [-0.2, 0) is 4.79 Å². The molecule has 0 fully saturated rings. The lowest BCUT2D eigenvalue weighted by Gasteiger charge is -2.11. The molecule has 10 heavy (non-hydrogen) atoms. The number of carboxylic acids is 1. The van der Waals surface area contributed by atoms with Gasteiger partial charge in [-0.2, -0.15) is 0 Å². The third-order valence-electron chi connectivity index (χ3n) is 1.62. The molecule has 0 amide bonds. The Morgan fingerprint density at radius 3 is 2.50 bits per heavy atom. The van der Waals surface area contributed by atoms with E-state index in [-0.39, 0.29) is 23.3 Å². The van der Waals surface area contributed by atoms with E-state index in [9.17, 15) is 4.79 Å². The van der Waals surface area contributed by atoms with Crippen LogP contribution in [0.15, 0.2) is 12.2 Å². The maximum Gasteiger partial charge on any atom is 0.306 e. The van der Waals surface area contributed by atoms with Gasteiger partial charge in [-0.3, -0.25) is 4.79 Å². The smallest absolute Gasteiger partial charge is 0.306 e. The van der Waals surface area contributed by atoms with Gasteiger partial charge in [-0.05, 0) is 19.3 Å². The Morgan fingerprint density at radius 2 is 2.20 bits per heavy atom. The first-order chi connectivity index (χ1) is 4.30. The molecular formula is C7H13AlO2. The standard InChI is InChI=1S/C7H10O2.Al.3H/c8-7(9)6-4-2-1-3-5-6;;;;/h1-2,6H,3-5H2,(H,8,9);;;;. The Kier molecular flexibility index (Phi) is 4.42. The fraction of sp³-hybridized carbons (Fsp3) is 0.571. The summed E-state index contributed by atoms with van der Waals surface area (Å²) in [5.74, 6) is -0.769. The number of aliphatic carboxylic acids is 1. The summed E-state index contributed by atoms with van der Waals surface area (Å²) in [6.45, 7) is 0. The summed E-state index contributed by atoms with van der Waals surface area (Å²) in [6.07, 6.45) is 6.44. The van der Waals surface area contributed by atoms with Crippen LogP contribution in [-0.4, -0.2) is 28.4 Å². The summed E-state index contributed by atoms with van der Waals surface area (Å²) < 4.78 is 0. The van der Waals surface area contributed by atoms with Crippen LogP contribution in [0.5, 0.6) is 0 Å². The first-order valence-corrected chi connectivity index (χ1v) is 3.18. The number of hydrogen-bond donors (Lipinski definition) is 1. The van der Waals surface area contributed by atoms with Crippen LogP contribution in [0.1, 0.15) is 19.3 Å². The number of carbonyl (C=O) groups is 1. The third-order valence-corrected chi connectivity index (χ3v) is 1.62. The fourth-order valence-electron chi connectivity index (χ4n) is 1.02. The van der Waals surface area contributed by atoms with Crippen molar-refractivity contribution >= 4 is 23.3 Å². The van der Waals surface area contributed by atoms with E-state index in [4.69, 9.17) is 5.11 Å². The number of rotatable bonds is 1. The molecule has 0 heterocycles. The molecule has 3 heteroatoms. The minimum Gasteiger partial charge on any atom is -0.481 e. The van der Waals surface area contributed by atoms with Crippen LogP contribution in [0, 0.1) is 5.92 Å². The molecule has 0 bridgehead atoms. The molecule has 56 valence electrons. The molecule has 0 saturated heterocycles. The number of hydrogen-bond acceptors (Lipinski definition) is 1. The van der Waals surface area contributed by atoms with Crippen LogP contribution < -0.4 is 0 Å². The molecule has 0 aromatic heterocycles. The summed E-state index contributed by atoms with van der Waals surface area (Å²) in [4.78, 5) is 10.3. The molecule has 0 radical (unpaired) electrons. The Hall–Kier alpha value is -0.258. The van der Waals surface area contributed by atoms with Gasteiger partial charge in [0, 0.05) is 0 Å². The Morgan fingerprint density at radius 1 is 1.50 bits per heavy atom. The van der Waals surface area contributed by atoms with Gasteiger partial charge in [-0.15, -0.1) is 0 Å². The van der Waals surface area contributed by atoms with Gasteiger partial charge in [0.25, 0.3) is 0 Å². The Bertz CT molecular complexity index is 143. The van der Waals surface area contributed by atoms with E-state index < -0.39 is 5.97 Å². The van der Waals surface area contributed by atoms with Crippen molar-refractivity contribution in [1.29, 1.82) is 0 Å². The Balaban J connectivity index is 0.000000810. The predicted octanol–water partition coefficient (Wildman–Crippen LogP) is 0.243. The van der Waals surface area contributed by atoms with Gasteiger partial charge in [0.2, 0.25) is 0 Å². The zero-order chi connectivity index (χ0) is 6.69. The van der Waals surface area contributed by atoms with Crippen LogP contribution in [0.25, 0.3) is 0 Å². The second-order valence-corrected chi connectivity index (χ2v) is 2.32. The Labute approximate surface area is 71.1 Å². The van der Waals surface area contributed by atoms with E-state index in [1.807, 2.05) is 12.2 Å². The van der Waals surface area contributed by atoms with Crippen LogP contribution in [0.4, 0.5) is 0 Å². The van der Waals surface area contributed by atoms with E-state index in [0.29, 0.717) is 0 Å². The van der Waals surface area contributed by atoms with Gasteiger partial charge in [-0.1, -0.05) is 12.2 Å². The highest BCUT2D eigenvalue weighted by molar-refractivity contribution is 5.75. The lowest BCUT2D eigenvalue weighted by molar-refractivity contribution is -0.141. The largest absolute Gasteiger partial charge is 0.481 e. The predicted molar refractivity (Wildman–Crippen MR) is 44.1 cm³/mol. The average Bonchev–Trinajstić information content (AvgIpc) is 1.90. The maximum absolute atomic E-state index is 10.3. The summed E-state index contributed by atoms with van der Waals surface area (Å²) in [5.41, 5.74) is 0. The van der Waals surface area contributed by atoms with Gasteiger partial charge in [0.1, 0.15) is 0 Å². The molecular weight excluding hydrogens is 143 g/mol. The molecule has 0 aliphatic heterocycles. The van der Waals surface area contributed by atoms with Crippen molar-refractivity contribution in [1.82, 2.24) is 0 Å². The highest BCUT2D eigenvalue weighted by atomic mass is 27.0. The fourth-order valence-corrected chi connectivity index (χ4v) is 1.02. The molecule has 0 spiro atoms. The molecule has 1 aliphatic carbocycles. The van der Waals surface area contributed by atoms with Crippen molar-refractivity contribution in [3.05, 3.63) is 12.2 Å². The molecule has 2 nitrogen and oxygen atoms in total. The van der Waals surface area contributed by atoms with Crippen LogP contribution in [0.2, 0.25) is 0 Å². The van der Waals surface area contributed by atoms with Crippen LogP contribution in [0.3, 0.4) is 0 Å². The van der Waals surface area contributed by atoms with Crippen molar-refractivity contribution in [2.45, 2.75) is 19.3 Å². The quantitative estimate of drug-likeness (QED) is 0.436. The summed E-state index contributed by atoms with van der Waals surface area (Å²) in [5, 5.41) is 8.50. The molecule has 0 aromatic rings. The van der Waals surface area contributed by atoms with Crippen molar-refractivity contribution in [3.63, 3.8) is 0 Å².